The highest BCUT2D eigenvalue weighted by Gasteiger charge is 2.12. The van der Waals surface area contributed by atoms with E-state index >= 15 is 0 Å². The van der Waals surface area contributed by atoms with Crippen molar-refractivity contribution in [3.05, 3.63) is 53.6 Å². The average Bonchev–Trinajstić information content (AvgIpc) is 2.81. The molecule has 8 nitrogen and oxygen atoms in total. The fraction of sp³-hybridized carbons (Fsp3) is 0.360. The second kappa shape index (κ2) is 13.0. The Morgan fingerprint density at radius 2 is 1.64 bits per heavy atom. The van der Waals surface area contributed by atoms with E-state index in [2.05, 4.69) is 24.7 Å². The second-order valence-corrected chi connectivity index (χ2v) is 7.52. The number of amides is 2. The summed E-state index contributed by atoms with van der Waals surface area (Å²) in [6.07, 6.45) is 3.83. The molecule has 0 saturated heterocycles. The van der Waals surface area contributed by atoms with Crippen LogP contribution in [0.5, 0.6) is 23.0 Å². The van der Waals surface area contributed by atoms with Gasteiger partial charge in [-0.25, -0.2) is 0 Å². The summed E-state index contributed by atoms with van der Waals surface area (Å²) >= 11 is 0. The minimum atomic E-state index is -0.488. The average molecular weight is 457 g/mol. The first-order chi connectivity index (χ1) is 15.9. The molecule has 0 radical (unpaired) electrons. The summed E-state index contributed by atoms with van der Waals surface area (Å²) < 4.78 is 21.8. The third-order valence-electron chi connectivity index (χ3n) is 4.59. The van der Waals surface area contributed by atoms with Gasteiger partial charge in [-0.05, 0) is 61.2 Å². The van der Waals surface area contributed by atoms with E-state index in [1.54, 1.807) is 49.6 Å². The molecule has 2 amide bonds. The maximum absolute atomic E-state index is 12.4. The van der Waals surface area contributed by atoms with Crippen molar-refractivity contribution in [1.29, 1.82) is 0 Å². The number of carbonyl (C=O) groups is 2. The van der Waals surface area contributed by atoms with Gasteiger partial charge in [0.15, 0.2) is 23.0 Å². The van der Waals surface area contributed by atoms with Crippen LogP contribution in [0.15, 0.2) is 42.5 Å². The number of benzene rings is 2. The Bertz CT molecular complexity index is 971. The van der Waals surface area contributed by atoms with E-state index in [1.165, 1.54) is 13.2 Å². The highest BCUT2D eigenvalue weighted by molar-refractivity contribution is 5.98. The van der Waals surface area contributed by atoms with E-state index in [0.29, 0.717) is 47.7 Å². The molecule has 2 aromatic rings. The molecule has 0 fully saturated rings. The predicted molar refractivity (Wildman–Crippen MR) is 127 cm³/mol. The van der Waals surface area contributed by atoms with Gasteiger partial charge in [-0.3, -0.25) is 20.4 Å². The molecule has 0 aliphatic carbocycles. The molecule has 0 aliphatic rings. The summed E-state index contributed by atoms with van der Waals surface area (Å²) in [7, 11) is 3.07. The Morgan fingerprint density at radius 1 is 0.909 bits per heavy atom. The van der Waals surface area contributed by atoms with Gasteiger partial charge in [-0.1, -0.05) is 19.9 Å². The smallest absolute Gasteiger partial charge is 0.269 e. The Morgan fingerprint density at radius 3 is 2.30 bits per heavy atom. The predicted octanol–water partition coefficient (Wildman–Crippen LogP) is 4.00. The highest BCUT2D eigenvalue weighted by Crippen LogP contribution is 2.29. The van der Waals surface area contributed by atoms with Gasteiger partial charge in [0.2, 0.25) is 0 Å². The molecular formula is C25H32N2O6. The van der Waals surface area contributed by atoms with Crippen molar-refractivity contribution >= 4 is 17.9 Å². The lowest BCUT2D eigenvalue weighted by Gasteiger charge is -2.13. The topological polar surface area (TPSA) is 95.1 Å². The van der Waals surface area contributed by atoms with Gasteiger partial charge in [-0.15, -0.1) is 0 Å². The van der Waals surface area contributed by atoms with Gasteiger partial charge in [-0.2, -0.15) is 0 Å². The summed E-state index contributed by atoms with van der Waals surface area (Å²) in [6.45, 7) is 7.16. The Kier molecular flexibility index (Phi) is 10.1. The largest absolute Gasteiger partial charge is 0.493 e. The van der Waals surface area contributed by atoms with E-state index in [4.69, 9.17) is 18.9 Å². The summed E-state index contributed by atoms with van der Waals surface area (Å²) in [5.41, 5.74) is 5.81. The Balaban J connectivity index is 1.94. The number of nitrogens with one attached hydrogen (secondary N) is 2. The van der Waals surface area contributed by atoms with Crippen LogP contribution in [0.3, 0.4) is 0 Å². The molecule has 2 N–H and O–H groups in total. The van der Waals surface area contributed by atoms with Crippen LogP contribution in [0.25, 0.3) is 6.08 Å². The maximum atomic E-state index is 12.4. The summed E-state index contributed by atoms with van der Waals surface area (Å²) in [4.78, 5) is 24.5. The first kappa shape index (κ1) is 25.6. The number of hydrogen-bond donors (Lipinski definition) is 2. The van der Waals surface area contributed by atoms with Crippen molar-refractivity contribution < 1.29 is 28.5 Å². The minimum Gasteiger partial charge on any atom is -0.493 e. The van der Waals surface area contributed by atoms with Crippen LogP contribution in [0.2, 0.25) is 0 Å². The third kappa shape index (κ3) is 8.07. The molecule has 2 aromatic carbocycles. The molecule has 0 spiro atoms. The lowest BCUT2D eigenvalue weighted by atomic mass is 10.1. The van der Waals surface area contributed by atoms with E-state index in [-0.39, 0.29) is 0 Å². The quantitative estimate of drug-likeness (QED) is 0.392. The number of rotatable bonds is 11. The molecule has 178 valence electrons. The van der Waals surface area contributed by atoms with Crippen LogP contribution >= 0.6 is 0 Å². The number of ether oxygens (including phenoxy) is 4. The van der Waals surface area contributed by atoms with E-state index in [0.717, 1.165) is 12.0 Å². The van der Waals surface area contributed by atoms with Crippen molar-refractivity contribution in [3.63, 3.8) is 0 Å². The van der Waals surface area contributed by atoms with Gasteiger partial charge < -0.3 is 18.9 Å². The molecule has 8 heteroatoms. The van der Waals surface area contributed by atoms with Crippen LogP contribution in [0.1, 0.15) is 43.1 Å². The Hall–Kier alpha value is -3.68. The molecule has 0 bridgehead atoms. The zero-order chi connectivity index (χ0) is 24.2. The molecule has 0 atom stereocenters. The molecule has 2 rings (SSSR count). The van der Waals surface area contributed by atoms with Crippen molar-refractivity contribution in [2.24, 2.45) is 5.92 Å². The van der Waals surface area contributed by atoms with E-state index in [9.17, 15) is 9.59 Å². The Labute approximate surface area is 194 Å². The number of carbonyl (C=O) groups excluding carboxylic acids is 2. The minimum absolute atomic E-state index is 0.323. The van der Waals surface area contributed by atoms with E-state index < -0.39 is 11.8 Å². The molecule has 0 unspecified atom stereocenters. The maximum Gasteiger partial charge on any atom is 0.269 e. The van der Waals surface area contributed by atoms with Gasteiger partial charge in [0.1, 0.15) is 0 Å². The van der Waals surface area contributed by atoms with E-state index in [1.807, 2.05) is 6.92 Å². The van der Waals surface area contributed by atoms with Crippen LogP contribution in [-0.4, -0.2) is 39.2 Å². The number of hydrogen-bond acceptors (Lipinski definition) is 6. The van der Waals surface area contributed by atoms with Gasteiger partial charge >= 0.3 is 0 Å². The molecular weight excluding hydrogens is 424 g/mol. The molecule has 33 heavy (non-hydrogen) atoms. The lowest BCUT2D eigenvalue weighted by molar-refractivity contribution is -0.117. The van der Waals surface area contributed by atoms with Gasteiger partial charge in [0.25, 0.3) is 11.8 Å². The first-order valence-electron chi connectivity index (χ1n) is 10.8. The fourth-order valence-electron chi connectivity index (χ4n) is 2.80. The summed E-state index contributed by atoms with van der Waals surface area (Å²) in [5.74, 6) is 1.76. The lowest BCUT2D eigenvalue weighted by Crippen LogP contribution is -2.40. The van der Waals surface area contributed by atoms with Crippen molar-refractivity contribution in [3.8, 4) is 23.0 Å². The fourth-order valence-corrected chi connectivity index (χ4v) is 2.80. The van der Waals surface area contributed by atoms with Crippen LogP contribution in [0.4, 0.5) is 0 Å². The standard InChI is InChI=1S/C25H32N2O6/c1-6-32-23-15-18(7-10-20(23)30-4)8-12-24(28)26-27-25(29)19-9-11-21(22(16-19)31-5)33-14-13-17(2)3/h7-12,15-17H,6,13-14H2,1-5H3,(H,26,28)(H,27,29)/b12-8+. The summed E-state index contributed by atoms with van der Waals surface area (Å²) in [5, 5.41) is 0. The third-order valence-corrected chi connectivity index (χ3v) is 4.59. The monoisotopic (exact) mass is 456 g/mol. The first-order valence-corrected chi connectivity index (χ1v) is 10.8. The van der Waals surface area contributed by atoms with Gasteiger partial charge in [0, 0.05) is 11.6 Å². The SMILES string of the molecule is CCOc1cc(/C=C/C(=O)NNC(=O)c2ccc(OCCC(C)C)c(OC)c2)ccc1OC. The van der Waals surface area contributed by atoms with Crippen LogP contribution in [-0.2, 0) is 4.79 Å². The van der Waals surface area contributed by atoms with Crippen LogP contribution in [0, 0.1) is 5.92 Å². The molecule has 0 heterocycles. The second-order valence-electron chi connectivity index (χ2n) is 7.52. The molecule has 0 saturated carbocycles. The summed E-state index contributed by atoms with van der Waals surface area (Å²) in [6, 6.07) is 10.2. The van der Waals surface area contributed by atoms with Gasteiger partial charge in [0.05, 0.1) is 27.4 Å². The molecule has 0 aromatic heterocycles. The number of hydrazine groups is 1. The zero-order valence-electron chi connectivity index (χ0n) is 19.8. The zero-order valence-corrected chi connectivity index (χ0v) is 19.8. The van der Waals surface area contributed by atoms with Crippen molar-refractivity contribution in [1.82, 2.24) is 10.9 Å². The highest BCUT2D eigenvalue weighted by atomic mass is 16.5. The van der Waals surface area contributed by atoms with Crippen LogP contribution < -0.4 is 29.8 Å². The van der Waals surface area contributed by atoms with Crippen molar-refractivity contribution in [2.45, 2.75) is 27.2 Å². The normalized spacial score (nSPS) is 10.7. The van der Waals surface area contributed by atoms with Crippen molar-refractivity contribution in [2.75, 3.05) is 27.4 Å². The number of methoxy groups -OCH3 is 2. The molecule has 0 aliphatic heterocycles.